The van der Waals surface area contributed by atoms with E-state index in [1.165, 1.54) is 0 Å². The molecule has 0 unspecified atom stereocenters. The second-order valence-corrected chi connectivity index (χ2v) is 11.6. The molecule has 2 saturated carbocycles. The number of hydrogen-bond donors (Lipinski definition) is 1. The predicted octanol–water partition coefficient (Wildman–Crippen LogP) is 2.79. The van der Waals surface area contributed by atoms with Crippen molar-refractivity contribution in [3.05, 3.63) is 0 Å². The average molecular weight is 420 g/mol. The second-order valence-electron chi connectivity index (χ2n) is 11.6. The van der Waals surface area contributed by atoms with Crippen LogP contribution < -0.4 is 5.32 Å². The van der Waals surface area contributed by atoms with E-state index in [9.17, 15) is 14.4 Å². The van der Waals surface area contributed by atoms with Crippen molar-refractivity contribution in [3.63, 3.8) is 0 Å². The maximum Gasteiger partial charge on any atom is 0.325 e. The molecule has 7 heteroatoms. The van der Waals surface area contributed by atoms with Gasteiger partial charge in [-0.2, -0.15) is 0 Å². The van der Waals surface area contributed by atoms with Crippen LogP contribution in [-0.2, 0) is 14.3 Å². The van der Waals surface area contributed by atoms with Crippen molar-refractivity contribution < 1.29 is 19.1 Å². The van der Waals surface area contributed by atoms with Gasteiger partial charge >= 0.3 is 6.03 Å². The fourth-order valence-electron chi connectivity index (χ4n) is 6.62. The first-order chi connectivity index (χ1) is 13.9. The number of hydrogen-bond acceptors (Lipinski definition) is 4. The standard InChI is InChI=1S/C23H37N3O4/c1-21(2,3)14-7-10-23(11-8-14)19(28)26(20(29)24-23)13-16(27)25(6)17-15-9-12-30-18(15)22(17,4)5/h14-15,17-18H,7-13H2,1-6H3,(H,24,29)/t14?,15-,17+,18-,23?/m0/s1. The van der Waals surface area contributed by atoms with Gasteiger partial charge in [-0.3, -0.25) is 14.5 Å². The monoisotopic (exact) mass is 419 g/mol. The minimum atomic E-state index is -0.822. The van der Waals surface area contributed by atoms with Crippen LogP contribution in [0.4, 0.5) is 4.79 Å². The lowest BCUT2D eigenvalue weighted by molar-refractivity contribution is -0.168. The van der Waals surface area contributed by atoms with Crippen LogP contribution >= 0.6 is 0 Å². The number of ether oxygens (including phenoxy) is 1. The highest BCUT2D eigenvalue weighted by Gasteiger charge is 2.62. The molecule has 2 aliphatic heterocycles. The Hall–Kier alpha value is -1.63. The number of carbonyl (C=O) groups is 3. The first-order valence-corrected chi connectivity index (χ1v) is 11.4. The van der Waals surface area contributed by atoms with Crippen LogP contribution in [0.1, 0.15) is 66.7 Å². The SMILES string of the molecule is CN(C(=O)CN1C(=O)NC2(CCC(C(C)(C)C)CC2)C1=O)[C@@H]1[C@@H]2CCO[C@@H]2C1(C)C. The van der Waals surface area contributed by atoms with Gasteiger partial charge in [0, 0.05) is 31.0 Å². The van der Waals surface area contributed by atoms with Gasteiger partial charge in [-0.05, 0) is 43.4 Å². The zero-order valence-corrected chi connectivity index (χ0v) is 19.3. The van der Waals surface area contributed by atoms with Crippen LogP contribution in [0.15, 0.2) is 0 Å². The second kappa shape index (κ2) is 6.94. The average Bonchev–Trinajstić information content (AvgIpc) is 3.18. The summed E-state index contributed by atoms with van der Waals surface area (Å²) in [6.45, 7) is 11.5. The number of imide groups is 1. The minimum Gasteiger partial charge on any atom is -0.377 e. The summed E-state index contributed by atoms with van der Waals surface area (Å²) in [6, 6.07) is -0.347. The summed E-state index contributed by atoms with van der Waals surface area (Å²) >= 11 is 0. The van der Waals surface area contributed by atoms with E-state index < -0.39 is 11.6 Å². The molecule has 4 aliphatic rings. The third kappa shape index (κ3) is 3.15. The minimum absolute atomic E-state index is 0.0782. The van der Waals surface area contributed by atoms with Gasteiger partial charge in [0.05, 0.1) is 6.10 Å². The van der Waals surface area contributed by atoms with Gasteiger partial charge in [0.1, 0.15) is 12.1 Å². The first kappa shape index (κ1) is 21.6. The lowest BCUT2D eigenvalue weighted by atomic mass is 9.57. The Labute approximate surface area is 179 Å². The fraction of sp³-hybridized carbons (Fsp3) is 0.870. The largest absolute Gasteiger partial charge is 0.377 e. The molecule has 2 aliphatic carbocycles. The molecule has 1 spiro atoms. The molecule has 4 fully saturated rings. The topological polar surface area (TPSA) is 79.0 Å². The maximum atomic E-state index is 13.2. The van der Waals surface area contributed by atoms with E-state index >= 15 is 0 Å². The van der Waals surface area contributed by atoms with Crippen LogP contribution in [0, 0.1) is 22.7 Å². The van der Waals surface area contributed by atoms with Crippen molar-refractivity contribution >= 4 is 17.8 Å². The molecule has 0 aromatic carbocycles. The summed E-state index contributed by atoms with van der Waals surface area (Å²) in [6.07, 6.45) is 4.27. The zero-order chi connectivity index (χ0) is 22.1. The first-order valence-electron chi connectivity index (χ1n) is 11.4. The highest BCUT2D eigenvalue weighted by molar-refractivity contribution is 6.09. The Bertz CT molecular complexity index is 748. The quantitative estimate of drug-likeness (QED) is 0.714. The van der Waals surface area contributed by atoms with Crippen LogP contribution in [-0.4, -0.2) is 65.5 Å². The molecule has 0 aromatic heterocycles. The van der Waals surface area contributed by atoms with Gasteiger partial charge in [0.25, 0.3) is 5.91 Å². The van der Waals surface area contributed by atoms with E-state index in [-0.39, 0.29) is 41.3 Å². The van der Waals surface area contributed by atoms with E-state index in [2.05, 4.69) is 39.9 Å². The van der Waals surface area contributed by atoms with Gasteiger partial charge in [-0.1, -0.05) is 34.6 Å². The molecule has 168 valence electrons. The van der Waals surface area contributed by atoms with Crippen LogP contribution in [0.2, 0.25) is 0 Å². The van der Waals surface area contributed by atoms with E-state index in [4.69, 9.17) is 4.74 Å². The zero-order valence-electron chi connectivity index (χ0n) is 19.3. The summed E-state index contributed by atoms with van der Waals surface area (Å²) in [5.41, 5.74) is -0.740. The van der Waals surface area contributed by atoms with Crippen molar-refractivity contribution in [2.45, 2.75) is 84.4 Å². The van der Waals surface area contributed by atoms with Crippen LogP contribution in [0.5, 0.6) is 0 Å². The van der Waals surface area contributed by atoms with Gasteiger partial charge in [-0.25, -0.2) is 4.79 Å². The highest BCUT2D eigenvalue weighted by Crippen LogP contribution is 2.54. The van der Waals surface area contributed by atoms with E-state index in [1.807, 2.05) is 0 Å². The van der Waals surface area contributed by atoms with Crippen molar-refractivity contribution in [2.24, 2.45) is 22.7 Å². The van der Waals surface area contributed by atoms with Crippen LogP contribution in [0.3, 0.4) is 0 Å². The Morgan fingerprint density at radius 3 is 2.43 bits per heavy atom. The van der Waals surface area contributed by atoms with Crippen molar-refractivity contribution in [2.75, 3.05) is 20.2 Å². The highest BCUT2D eigenvalue weighted by atomic mass is 16.5. The molecular weight excluding hydrogens is 382 g/mol. The van der Waals surface area contributed by atoms with E-state index in [0.717, 1.165) is 30.8 Å². The lowest BCUT2D eigenvalue weighted by Crippen LogP contribution is -2.67. The van der Waals surface area contributed by atoms with Gasteiger partial charge < -0.3 is 15.0 Å². The molecule has 0 aromatic rings. The number of carbonyl (C=O) groups excluding carboxylic acids is 3. The Balaban J connectivity index is 1.41. The Morgan fingerprint density at radius 1 is 1.20 bits per heavy atom. The van der Waals surface area contributed by atoms with E-state index in [0.29, 0.717) is 24.7 Å². The smallest absolute Gasteiger partial charge is 0.325 e. The van der Waals surface area contributed by atoms with Crippen LogP contribution in [0.25, 0.3) is 0 Å². The predicted molar refractivity (Wildman–Crippen MR) is 113 cm³/mol. The molecule has 2 saturated heterocycles. The van der Waals surface area contributed by atoms with Gasteiger partial charge in [0.2, 0.25) is 5.91 Å². The number of nitrogens with one attached hydrogen (secondary N) is 1. The lowest BCUT2D eigenvalue weighted by Gasteiger charge is -2.57. The summed E-state index contributed by atoms with van der Waals surface area (Å²) in [5, 5.41) is 2.94. The molecule has 4 amide bonds. The molecular formula is C23H37N3O4. The van der Waals surface area contributed by atoms with Gasteiger partial charge in [0.15, 0.2) is 0 Å². The molecule has 3 atom stereocenters. The Kier molecular flexibility index (Phi) is 5.00. The van der Waals surface area contributed by atoms with Crippen molar-refractivity contribution in [1.29, 1.82) is 0 Å². The molecule has 0 radical (unpaired) electrons. The fourth-order valence-corrected chi connectivity index (χ4v) is 6.62. The Morgan fingerprint density at radius 2 is 1.83 bits per heavy atom. The normalized spacial score (nSPS) is 32.7. The number of likely N-dealkylation sites (N-methyl/N-ethyl adjacent to an activating group) is 1. The number of rotatable bonds is 3. The summed E-state index contributed by atoms with van der Waals surface area (Å²) in [5.74, 6) is 0.479. The third-order valence-corrected chi connectivity index (χ3v) is 8.45. The van der Waals surface area contributed by atoms with Gasteiger partial charge in [-0.15, -0.1) is 0 Å². The number of urea groups is 1. The molecule has 4 rings (SSSR count). The molecule has 30 heavy (non-hydrogen) atoms. The van der Waals surface area contributed by atoms with Crippen molar-refractivity contribution in [1.82, 2.24) is 15.1 Å². The molecule has 7 nitrogen and oxygen atoms in total. The maximum absolute atomic E-state index is 13.2. The van der Waals surface area contributed by atoms with E-state index in [1.54, 1.807) is 11.9 Å². The summed E-state index contributed by atoms with van der Waals surface area (Å²) in [7, 11) is 1.80. The third-order valence-electron chi connectivity index (χ3n) is 8.45. The van der Waals surface area contributed by atoms with Crippen molar-refractivity contribution in [3.8, 4) is 0 Å². The number of fused-ring (bicyclic) bond motifs is 1. The summed E-state index contributed by atoms with van der Waals surface area (Å²) in [4.78, 5) is 41.8. The molecule has 0 bridgehead atoms. The molecule has 1 N–H and O–H groups in total. The summed E-state index contributed by atoms with van der Waals surface area (Å²) < 4.78 is 5.84. The number of amides is 4. The molecule has 2 heterocycles. The number of nitrogens with zero attached hydrogens (tertiary/aromatic N) is 2.